The minimum Gasteiger partial charge on any atom is -0.497 e. The van der Waals surface area contributed by atoms with Gasteiger partial charge in [-0.25, -0.2) is 0 Å². The molecule has 37 heavy (non-hydrogen) atoms. The molecule has 0 aliphatic carbocycles. The Labute approximate surface area is 219 Å². The summed E-state index contributed by atoms with van der Waals surface area (Å²) in [6.45, 7) is 2.61. The first kappa shape index (κ1) is 25.7. The molecule has 9 nitrogen and oxygen atoms in total. The fourth-order valence-electron chi connectivity index (χ4n) is 3.97. The topological polar surface area (TPSA) is 105 Å². The van der Waals surface area contributed by atoms with Crippen molar-refractivity contribution in [1.29, 1.82) is 0 Å². The Morgan fingerprint density at radius 2 is 1.68 bits per heavy atom. The molecule has 1 saturated heterocycles. The van der Waals surface area contributed by atoms with E-state index in [9.17, 15) is 19.7 Å². The highest BCUT2D eigenvalue weighted by Gasteiger charge is 2.22. The molecule has 1 aliphatic heterocycles. The summed E-state index contributed by atoms with van der Waals surface area (Å²) in [5.41, 5.74) is 2.53. The number of hydrogen-bond donors (Lipinski definition) is 1. The number of carbonyl (C=O) groups is 2. The van der Waals surface area contributed by atoms with Crippen LogP contribution < -0.4 is 15.0 Å². The fourth-order valence-corrected chi connectivity index (χ4v) is 4.16. The standard InChI is InChI=1S/C27H25ClN4O5/c1-37-23-10-4-20(5-11-23)27(34)31-16-14-30(15-17-31)22-8-6-21(7-9-22)29-26(33)13-3-19-2-12-24(28)25(18-19)32(35)36/h2-13,18H,14-17H2,1H3,(H,29,33)/b13-3+. The van der Waals surface area contributed by atoms with Gasteiger partial charge in [-0.15, -0.1) is 0 Å². The van der Waals surface area contributed by atoms with Crippen molar-refractivity contribution in [2.75, 3.05) is 43.5 Å². The van der Waals surface area contributed by atoms with Gasteiger partial charge in [-0.1, -0.05) is 17.7 Å². The van der Waals surface area contributed by atoms with Gasteiger partial charge in [0.25, 0.3) is 11.6 Å². The Hall–Kier alpha value is -4.37. The number of halogens is 1. The van der Waals surface area contributed by atoms with Crippen LogP contribution in [0.25, 0.3) is 6.08 Å². The van der Waals surface area contributed by atoms with Crippen molar-refractivity contribution in [1.82, 2.24) is 4.90 Å². The molecule has 1 N–H and O–H groups in total. The van der Waals surface area contributed by atoms with E-state index in [4.69, 9.17) is 16.3 Å². The second-order valence-electron chi connectivity index (χ2n) is 8.35. The summed E-state index contributed by atoms with van der Waals surface area (Å²) in [5.74, 6) is 0.350. The summed E-state index contributed by atoms with van der Waals surface area (Å²) in [7, 11) is 1.59. The normalized spacial score (nSPS) is 13.5. The zero-order valence-electron chi connectivity index (χ0n) is 20.1. The van der Waals surface area contributed by atoms with Crippen LogP contribution in [0.5, 0.6) is 5.75 Å². The van der Waals surface area contributed by atoms with Gasteiger partial charge in [-0.3, -0.25) is 19.7 Å². The lowest BCUT2D eigenvalue weighted by atomic mass is 10.1. The highest BCUT2D eigenvalue weighted by atomic mass is 35.5. The number of nitro groups is 1. The molecule has 4 rings (SSSR count). The van der Waals surface area contributed by atoms with E-state index < -0.39 is 4.92 Å². The van der Waals surface area contributed by atoms with Crippen molar-refractivity contribution in [2.24, 2.45) is 0 Å². The number of carbonyl (C=O) groups excluding carboxylic acids is 2. The zero-order valence-corrected chi connectivity index (χ0v) is 20.9. The number of methoxy groups -OCH3 is 1. The van der Waals surface area contributed by atoms with E-state index >= 15 is 0 Å². The van der Waals surface area contributed by atoms with Crippen LogP contribution in [0.15, 0.2) is 72.8 Å². The molecule has 1 heterocycles. The number of amides is 2. The van der Waals surface area contributed by atoms with Crippen LogP contribution in [0.4, 0.5) is 17.1 Å². The second-order valence-corrected chi connectivity index (χ2v) is 8.75. The van der Waals surface area contributed by atoms with Gasteiger partial charge in [-0.05, 0) is 66.2 Å². The third-order valence-corrected chi connectivity index (χ3v) is 6.32. The largest absolute Gasteiger partial charge is 0.497 e. The third kappa shape index (κ3) is 6.45. The summed E-state index contributed by atoms with van der Waals surface area (Å²) < 4.78 is 5.15. The van der Waals surface area contributed by atoms with Gasteiger partial charge in [0.2, 0.25) is 5.91 Å². The van der Waals surface area contributed by atoms with Crippen LogP contribution in [-0.2, 0) is 4.79 Å². The number of ether oxygens (including phenoxy) is 1. The molecular formula is C27H25ClN4O5. The summed E-state index contributed by atoms with van der Waals surface area (Å²) in [4.78, 5) is 39.6. The Bertz CT molecular complexity index is 1320. The van der Waals surface area contributed by atoms with Gasteiger partial charge in [-0.2, -0.15) is 0 Å². The van der Waals surface area contributed by atoms with Crippen molar-refractivity contribution >= 4 is 46.6 Å². The minimum absolute atomic E-state index is 0.00150. The molecule has 3 aromatic rings. The van der Waals surface area contributed by atoms with Crippen LogP contribution in [0.3, 0.4) is 0 Å². The quantitative estimate of drug-likeness (QED) is 0.271. The number of nitrogens with one attached hydrogen (secondary N) is 1. The van der Waals surface area contributed by atoms with E-state index in [0.717, 1.165) is 5.69 Å². The van der Waals surface area contributed by atoms with Gasteiger partial charge in [0, 0.05) is 55.3 Å². The van der Waals surface area contributed by atoms with Crippen molar-refractivity contribution in [3.8, 4) is 5.75 Å². The Morgan fingerprint density at radius 3 is 2.30 bits per heavy atom. The predicted molar refractivity (Wildman–Crippen MR) is 143 cm³/mol. The summed E-state index contributed by atoms with van der Waals surface area (Å²) in [6.07, 6.45) is 2.79. The second kappa shape index (κ2) is 11.6. The van der Waals surface area contributed by atoms with E-state index in [1.165, 1.54) is 24.3 Å². The van der Waals surface area contributed by atoms with Gasteiger partial charge >= 0.3 is 0 Å². The lowest BCUT2D eigenvalue weighted by Gasteiger charge is -2.36. The molecule has 0 saturated carbocycles. The lowest BCUT2D eigenvalue weighted by molar-refractivity contribution is -0.384. The molecule has 0 atom stereocenters. The number of piperazine rings is 1. The number of benzene rings is 3. The summed E-state index contributed by atoms with van der Waals surface area (Å²) >= 11 is 5.82. The van der Waals surface area contributed by atoms with Gasteiger partial charge in [0.05, 0.1) is 12.0 Å². The molecule has 1 fully saturated rings. The first-order valence-corrected chi connectivity index (χ1v) is 11.9. The minimum atomic E-state index is -0.569. The molecule has 10 heteroatoms. The van der Waals surface area contributed by atoms with Crippen molar-refractivity contribution < 1.29 is 19.2 Å². The zero-order chi connectivity index (χ0) is 26.4. The van der Waals surface area contributed by atoms with Crippen LogP contribution in [0, 0.1) is 10.1 Å². The van der Waals surface area contributed by atoms with Gasteiger partial charge < -0.3 is 19.9 Å². The van der Waals surface area contributed by atoms with Crippen molar-refractivity contribution in [2.45, 2.75) is 0 Å². The Morgan fingerprint density at radius 1 is 1.00 bits per heavy atom. The predicted octanol–water partition coefficient (Wildman–Crippen LogP) is 4.87. The molecule has 190 valence electrons. The number of nitrogens with zero attached hydrogens (tertiary/aromatic N) is 3. The molecule has 0 bridgehead atoms. The van der Waals surface area contributed by atoms with Gasteiger partial charge in [0.15, 0.2) is 0 Å². The summed E-state index contributed by atoms with van der Waals surface area (Å²) in [5, 5.41) is 13.8. The molecule has 0 spiro atoms. The monoisotopic (exact) mass is 520 g/mol. The molecular weight excluding hydrogens is 496 g/mol. The molecule has 2 amide bonds. The average Bonchev–Trinajstić information content (AvgIpc) is 2.92. The maximum absolute atomic E-state index is 12.8. The average molecular weight is 521 g/mol. The van der Waals surface area contributed by atoms with E-state index in [0.29, 0.717) is 48.7 Å². The van der Waals surface area contributed by atoms with E-state index in [1.54, 1.807) is 37.4 Å². The highest BCUT2D eigenvalue weighted by molar-refractivity contribution is 6.32. The number of anilines is 2. The maximum atomic E-state index is 12.8. The van der Waals surface area contributed by atoms with E-state index in [-0.39, 0.29) is 22.5 Å². The lowest BCUT2D eigenvalue weighted by Crippen LogP contribution is -2.48. The molecule has 0 radical (unpaired) electrons. The van der Waals surface area contributed by atoms with Gasteiger partial charge in [0.1, 0.15) is 10.8 Å². The first-order chi connectivity index (χ1) is 17.8. The van der Waals surface area contributed by atoms with Crippen molar-refractivity contribution in [3.63, 3.8) is 0 Å². The van der Waals surface area contributed by atoms with Crippen molar-refractivity contribution in [3.05, 3.63) is 99.1 Å². The molecule has 1 aliphatic rings. The van der Waals surface area contributed by atoms with E-state index in [1.807, 2.05) is 29.2 Å². The Balaban J connectivity index is 1.29. The Kier molecular flexibility index (Phi) is 8.05. The van der Waals surface area contributed by atoms with E-state index in [2.05, 4.69) is 10.2 Å². The maximum Gasteiger partial charge on any atom is 0.288 e. The van der Waals surface area contributed by atoms with Crippen LogP contribution in [0.2, 0.25) is 5.02 Å². The first-order valence-electron chi connectivity index (χ1n) is 11.6. The number of nitro benzene ring substituents is 1. The third-order valence-electron chi connectivity index (χ3n) is 6.00. The summed E-state index contributed by atoms with van der Waals surface area (Å²) in [6, 6.07) is 18.9. The van der Waals surface area contributed by atoms with Crippen LogP contribution >= 0.6 is 11.6 Å². The molecule has 0 unspecified atom stereocenters. The number of hydrogen-bond acceptors (Lipinski definition) is 6. The van der Waals surface area contributed by atoms with Crippen LogP contribution in [-0.4, -0.2) is 54.9 Å². The smallest absolute Gasteiger partial charge is 0.288 e. The molecule has 3 aromatic carbocycles. The fraction of sp³-hybridized carbons (Fsp3) is 0.185. The highest BCUT2D eigenvalue weighted by Crippen LogP contribution is 2.26. The molecule has 0 aromatic heterocycles. The number of rotatable bonds is 7. The van der Waals surface area contributed by atoms with Crippen LogP contribution in [0.1, 0.15) is 15.9 Å². The SMILES string of the molecule is COc1ccc(C(=O)N2CCN(c3ccc(NC(=O)/C=C/c4ccc(Cl)c([N+](=O)[O-])c4)cc3)CC2)cc1.